The van der Waals surface area contributed by atoms with Crippen LogP contribution in [0.4, 0.5) is 0 Å². The van der Waals surface area contributed by atoms with E-state index < -0.39 is 0 Å². The molecule has 0 saturated carbocycles. The van der Waals surface area contributed by atoms with Gasteiger partial charge in [-0.15, -0.1) is 0 Å². The Kier molecular flexibility index (Phi) is 7.33. The first kappa shape index (κ1) is 19.6. The molecule has 1 amide bonds. The predicted octanol–water partition coefficient (Wildman–Crippen LogP) is 4.37. The molecule has 1 N–H and O–H groups in total. The lowest BCUT2D eigenvalue weighted by atomic mass is 10.1. The fourth-order valence-corrected chi connectivity index (χ4v) is 2.60. The molecule has 5 nitrogen and oxygen atoms in total. The summed E-state index contributed by atoms with van der Waals surface area (Å²) in [6.07, 6.45) is 0. The van der Waals surface area contributed by atoms with E-state index in [4.69, 9.17) is 14.2 Å². The maximum Gasteiger partial charge on any atom is 0.251 e. The van der Waals surface area contributed by atoms with Gasteiger partial charge in [0, 0.05) is 5.56 Å². The zero-order chi connectivity index (χ0) is 18.9. The molecule has 0 aliphatic rings. The molecular weight excluding hydrogens is 330 g/mol. The van der Waals surface area contributed by atoms with Gasteiger partial charge in [-0.1, -0.05) is 12.1 Å². The maximum absolute atomic E-state index is 12.6. The van der Waals surface area contributed by atoms with Gasteiger partial charge in [-0.25, -0.2) is 0 Å². The lowest BCUT2D eigenvalue weighted by molar-refractivity contribution is 0.0939. The minimum Gasteiger partial charge on any atom is -0.494 e. The quantitative estimate of drug-likeness (QED) is 0.724. The molecule has 0 bridgehead atoms. The molecule has 0 saturated heterocycles. The highest BCUT2D eigenvalue weighted by atomic mass is 16.5. The lowest BCUT2D eigenvalue weighted by Crippen LogP contribution is -2.26. The van der Waals surface area contributed by atoms with E-state index in [-0.39, 0.29) is 11.9 Å². The minimum atomic E-state index is -0.164. The molecule has 0 spiro atoms. The summed E-state index contributed by atoms with van der Waals surface area (Å²) in [4.78, 5) is 12.6. The van der Waals surface area contributed by atoms with Crippen LogP contribution >= 0.6 is 0 Å². The van der Waals surface area contributed by atoms with Crippen LogP contribution in [0.5, 0.6) is 17.2 Å². The summed E-state index contributed by atoms with van der Waals surface area (Å²) in [6, 6.07) is 12.8. The molecule has 0 radical (unpaired) electrons. The second-order valence-corrected chi connectivity index (χ2v) is 5.73. The van der Waals surface area contributed by atoms with E-state index in [1.165, 1.54) is 0 Å². The number of carbonyl (C=O) groups is 1. The van der Waals surface area contributed by atoms with Crippen molar-refractivity contribution >= 4 is 5.91 Å². The fourth-order valence-electron chi connectivity index (χ4n) is 2.60. The topological polar surface area (TPSA) is 56.8 Å². The minimum absolute atomic E-state index is 0.148. The van der Waals surface area contributed by atoms with Crippen LogP contribution in [0.1, 0.15) is 49.7 Å². The van der Waals surface area contributed by atoms with Gasteiger partial charge in [0.05, 0.1) is 25.9 Å². The van der Waals surface area contributed by atoms with E-state index in [9.17, 15) is 4.79 Å². The molecule has 0 aliphatic carbocycles. The summed E-state index contributed by atoms with van der Waals surface area (Å²) in [5.74, 6) is 1.85. The smallest absolute Gasteiger partial charge is 0.251 e. The van der Waals surface area contributed by atoms with Crippen molar-refractivity contribution in [1.82, 2.24) is 5.32 Å². The third-order valence-corrected chi connectivity index (χ3v) is 3.82. The molecule has 2 aromatic rings. The molecule has 5 heteroatoms. The summed E-state index contributed by atoms with van der Waals surface area (Å²) in [6.45, 7) is 9.35. The van der Waals surface area contributed by atoms with Crippen LogP contribution in [0.3, 0.4) is 0 Å². The SMILES string of the molecule is CCOc1cccc(C(C)NC(=O)c2ccc(OCC)c(OCC)c2)c1. The third-order valence-electron chi connectivity index (χ3n) is 3.82. The van der Waals surface area contributed by atoms with Gasteiger partial charge in [0.2, 0.25) is 0 Å². The Morgan fingerprint density at radius 2 is 1.62 bits per heavy atom. The Bertz CT molecular complexity index is 730. The van der Waals surface area contributed by atoms with Gasteiger partial charge in [-0.05, 0) is 63.6 Å². The Morgan fingerprint density at radius 1 is 0.923 bits per heavy atom. The Hall–Kier alpha value is -2.69. The van der Waals surface area contributed by atoms with E-state index in [1.807, 2.05) is 52.0 Å². The number of hydrogen-bond donors (Lipinski definition) is 1. The standard InChI is InChI=1S/C21H27NO4/c1-5-24-18-10-8-9-16(13-18)15(4)22-21(23)17-11-12-19(25-6-2)20(14-17)26-7-3/h8-15H,5-7H2,1-4H3,(H,22,23). The summed E-state index contributed by atoms with van der Waals surface area (Å²) < 4.78 is 16.7. The zero-order valence-electron chi connectivity index (χ0n) is 15.9. The summed E-state index contributed by atoms with van der Waals surface area (Å²) in [5.41, 5.74) is 1.52. The largest absolute Gasteiger partial charge is 0.494 e. The van der Waals surface area contributed by atoms with Gasteiger partial charge >= 0.3 is 0 Å². The molecule has 1 atom stereocenters. The van der Waals surface area contributed by atoms with Crippen molar-refractivity contribution in [3.63, 3.8) is 0 Å². The third kappa shape index (κ3) is 5.15. The summed E-state index contributed by atoms with van der Waals surface area (Å²) >= 11 is 0. The molecule has 0 heterocycles. The summed E-state index contributed by atoms with van der Waals surface area (Å²) in [7, 11) is 0. The molecule has 2 aromatic carbocycles. The Labute approximate surface area is 155 Å². The molecule has 0 aromatic heterocycles. The molecule has 0 aliphatic heterocycles. The first-order valence-electron chi connectivity index (χ1n) is 9.02. The molecular formula is C21H27NO4. The van der Waals surface area contributed by atoms with Gasteiger partial charge in [-0.3, -0.25) is 4.79 Å². The monoisotopic (exact) mass is 357 g/mol. The second kappa shape index (κ2) is 9.70. The number of amides is 1. The number of hydrogen-bond acceptors (Lipinski definition) is 4. The van der Waals surface area contributed by atoms with E-state index in [0.717, 1.165) is 11.3 Å². The van der Waals surface area contributed by atoms with Crippen LogP contribution in [0, 0.1) is 0 Å². The van der Waals surface area contributed by atoms with Crippen molar-refractivity contribution in [3.05, 3.63) is 53.6 Å². The van der Waals surface area contributed by atoms with Crippen LogP contribution < -0.4 is 19.5 Å². The Morgan fingerprint density at radius 3 is 2.31 bits per heavy atom. The normalized spacial score (nSPS) is 11.5. The molecule has 26 heavy (non-hydrogen) atoms. The highest BCUT2D eigenvalue weighted by Crippen LogP contribution is 2.29. The van der Waals surface area contributed by atoms with Gasteiger partial charge in [-0.2, -0.15) is 0 Å². The first-order valence-corrected chi connectivity index (χ1v) is 9.02. The lowest BCUT2D eigenvalue weighted by Gasteiger charge is -2.17. The van der Waals surface area contributed by atoms with Crippen molar-refractivity contribution in [2.45, 2.75) is 33.7 Å². The van der Waals surface area contributed by atoms with Crippen molar-refractivity contribution < 1.29 is 19.0 Å². The molecule has 2 rings (SSSR count). The highest BCUT2D eigenvalue weighted by Gasteiger charge is 2.15. The van der Waals surface area contributed by atoms with Crippen LogP contribution in [-0.4, -0.2) is 25.7 Å². The number of rotatable bonds is 9. The number of ether oxygens (including phenoxy) is 3. The van der Waals surface area contributed by atoms with E-state index in [1.54, 1.807) is 18.2 Å². The van der Waals surface area contributed by atoms with E-state index in [2.05, 4.69) is 5.32 Å². The van der Waals surface area contributed by atoms with E-state index >= 15 is 0 Å². The Balaban J connectivity index is 2.13. The maximum atomic E-state index is 12.6. The van der Waals surface area contributed by atoms with Gasteiger partial charge in [0.15, 0.2) is 11.5 Å². The summed E-state index contributed by atoms with van der Waals surface area (Å²) in [5, 5.41) is 3.01. The van der Waals surface area contributed by atoms with Gasteiger partial charge in [0.25, 0.3) is 5.91 Å². The highest BCUT2D eigenvalue weighted by molar-refractivity contribution is 5.95. The van der Waals surface area contributed by atoms with Crippen molar-refractivity contribution in [2.75, 3.05) is 19.8 Å². The second-order valence-electron chi connectivity index (χ2n) is 5.73. The number of benzene rings is 2. The average molecular weight is 357 g/mol. The predicted molar refractivity (Wildman–Crippen MR) is 102 cm³/mol. The fraction of sp³-hybridized carbons (Fsp3) is 0.381. The first-order chi connectivity index (χ1) is 12.6. The van der Waals surface area contributed by atoms with Crippen LogP contribution in [0.15, 0.2) is 42.5 Å². The molecule has 140 valence electrons. The van der Waals surface area contributed by atoms with Crippen LogP contribution in [0.2, 0.25) is 0 Å². The average Bonchev–Trinajstić information content (AvgIpc) is 2.64. The van der Waals surface area contributed by atoms with Crippen molar-refractivity contribution in [1.29, 1.82) is 0 Å². The van der Waals surface area contributed by atoms with Gasteiger partial charge in [0.1, 0.15) is 5.75 Å². The van der Waals surface area contributed by atoms with Crippen LogP contribution in [-0.2, 0) is 0 Å². The van der Waals surface area contributed by atoms with Crippen LogP contribution in [0.25, 0.3) is 0 Å². The van der Waals surface area contributed by atoms with Crippen molar-refractivity contribution in [2.24, 2.45) is 0 Å². The molecule has 0 fully saturated rings. The van der Waals surface area contributed by atoms with Crippen molar-refractivity contribution in [3.8, 4) is 17.2 Å². The molecule has 1 unspecified atom stereocenters. The zero-order valence-corrected chi connectivity index (χ0v) is 15.9. The number of carbonyl (C=O) groups excluding carboxylic acids is 1. The van der Waals surface area contributed by atoms with Gasteiger partial charge < -0.3 is 19.5 Å². The number of nitrogens with one attached hydrogen (secondary N) is 1. The van der Waals surface area contributed by atoms with E-state index in [0.29, 0.717) is 36.9 Å².